The lowest BCUT2D eigenvalue weighted by Crippen LogP contribution is -2.09. The molecule has 5 heteroatoms. The van der Waals surface area contributed by atoms with E-state index >= 15 is 0 Å². The van der Waals surface area contributed by atoms with E-state index in [0.717, 1.165) is 10.6 Å². The molecule has 1 heterocycles. The van der Waals surface area contributed by atoms with Crippen molar-refractivity contribution in [3.05, 3.63) is 52.0 Å². The molecule has 2 rings (SSSR count). The van der Waals surface area contributed by atoms with Crippen molar-refractivity contribution >= 4 is 17.3 Å². The average molecular weight is 277 g/mol. The Hall–Kier alpha value is -1.72. The number of ether oxygens (including phenoxy) is 2. The molecule has 0 radical (unpaired) electrons. The summed E-state index contributed by atoms with van der Waals surface area (Å²) in [6, 6.07) is 7.24. The highest BCUT2D eigenvalue weighted by Crippen LogP contribution is 2.20. The smallest absolute Gasteiger partial charge is 0.338 e. The maximum atomic E-state index is 12.0. The molecule has 100 valence electrons. The Morgan fingerprint density at radius 1 is 1.47 bits per heavy atom. The fraction of sp³-hybridized carbons (Fsp3) is 0.286. The molecule has 1 unspecified atom stereocenters. The quantitative estimate of drug-likeness (QED) is 0.787. The van der Waals surface area contributed by atoms with E-state index < -0.39 is 0 Å². The third-order valence-corrected chi connectivity index (χ3v) is 3.49. The molecule has 0 spiro atoms. The maximum absolute atomic E-state index is 12.0. The molecule has 1 aromatic carbocycles. The minimum absolute atomic E-state index is 0.335. The number of hydrogen-bond acceptors (Lipinski definition) is 5. The molecule has 0 aliphatic carbocycles. The van der Waals surface area contributed by atoms with Gasteiger partial charge in [-0.25, -0.2) is 9.78 Å². The normalized spacial score (nSPS) is 12.1. The third kappa shape index (κ3) is 3.62. The Bertz CT molecular complexity index is 539. The van der Waals surface area contributed by atoms with Gasteiger partial charge < -0.3 is 9.47 Å². The molecule has 0 aliphatic rings. The molecule has 0 saturated carbocycles. The molecule has 0 aliphatic heterocycles. The molecule has 0 N–H and O–H groups in total. The van der Waals surface area contributed by atoms with Crippen LogP contribution >= 0.6 is 11.3 Å². The van der Waals surface area contributed by atoms with Crippen LogP contribution in [0, 0.1) is 0 Å². The number of hydrogen-bond donors (Lipinski definition) is 0. The Morgan fingerprint density at radius 2 is 2.32 bits per heavy atom. The lowest BCUT2D eigenvalue weighted by Gasteiger charge is -2.11. The van der Waals surface area contributed by atoms with E-state index in [0.29, 0.717) is 12.2 Å². The number of benzene rings is 1. The van der Waals surface area contributed by atoms with Gasteiger partial charge in [0.05, 0.1) is 12.2 Å². The highest BCUT2D eigenvalue weighted by atomic mass is 32.1. The van der Waals surface area contributed by atoms with Gasteiger partial charge in [0.1, 0.15) is 5.01 Å². The predicted molar refractivity (Wildman–Crippen MR) is 73.1 cm³/mol. The van der Waals surface area contributed by atoms with Crippen LogP contribution < -0.4 is 0 Å². The van der Waals surface area contributed by atoms with Crippen molar-refractivity contribution in [1.29, 1.82) is 0 Å². The largest absolute Gasteiger partial charge is 0.452 e. The van der Waals surface area contributed by atoms with Crippen molar-refractivity contribution in [2.45, 2.75) is 19.6 Å². The molecule has 2 aromatic rings. The summed E-state index contributed by atoms with van der Waals surface area (Å²) in [6.07, 6.45) is 1.36. The van der Waals surface area contributed by atoms with Gasteiger partial charge in [0, 0.05) is 18.7 Å². The lowest BCUT2D eigenvalue weighted by atomic mass is 10.1. The second-order valence-electron chi connectivity index (χ2n) is 4.05. The number of thiazole rings is 1. The summed E-state index contributed by atoms with van der Waals surface area (Å²) >= 11 is 1.47. The SMILES string of the molecule is COCc1cccc(C(=O)OC(C)c2nccs2)c1. The zero-order valence-corrected chi connectivity index (χ0v) is 11.6. The highest BCUT2D eigenvalue weighted by molar-refractivity contribution is 7.09. The number of esters is 1. The van der Waals surface area contributed by atoms with Gasteiger partial charge >= 0.3 is 5.97 Å². The molecule has 0 saturated heterocycles. The fourth-order valence-corrected chi connectivity index (χ4v) is 2.29. The maximum Gasteiger partial charge on any atom is 0.338 e. The molecule has 0 bridgehead atoms. The van der Waals surface area contributed by atoms with Crippen LogP contribution in [-0.4, -0.2) is 18.1 Å². The Balaban J connectivity index is 2.05. The van der Waals surface area contributed by atoms with Crippen LogP contribution in [0.15, 0.2) is 35.8 Å². The Morgan fingerprint density at radius 3 is 3.00 bits per heavy atom. The molecule has 1 atom stereocenters. The van der Waals surface area contributed by atoms with Crippen molar-refractivity contribution in [2.24, 2.45) is 0 Å². The van der Waals surface area contributed by atoms with Gasteiger partial charge in [0.15, 0.2) is 6.10 Å². The molecular weight excluding hydrogens is 262 g/mol. The topological polar surface area (TPSA) is 48.4 Å². The van der Waals surface area contributed by atoms with Crippen molar-refractivity contribution in [2.75, 3.05) is 7.11 Å². The first-order chi connectivity index (χ1) is 9.20. The van der Waals surface area contributed by atoms with Gasteiger partial charge in [0.25, 0.3) is 0 Å². The number of methoxy groups -OCH3 is 1. The van der Waals surface area contributed by atoms with Crippen LogP contribution in [0.2, 0.25) is 0 Å². The van der Waals surface area contributed by atoms with E-state index in [4.69, 9.17) is 9.47 Å². The molecule has 0 fully saturated rings. The number of aromatic nitrogens is 1. The standard InChI is InChI=1S/C14H15NO3S/c1-10(13-15-6-7-19-13)18-14(16)12-5-3-4-11(8-12)9-17-2/h3-8,10H,9H2,1-2H3. The summed E-state index contributed by atoms with van der Waals surface area (Å²) in [5.74, 6) is -0.347. The summed E-state index contributed by atoms with van der Waals surface area (Å²) in [7, 11) is 1.62. The predicted octanol–water partition coefficient (Wildman–Crippen LogP) is 3.21. The van der Waals surface area contributed by atoms with Crippen LogP contribution in [0.1, 0.15) is 34.0 Å². The molecule has 4 nitrogen and oxygen atoms in total. The number of carbonyl (C=O) groups excluding carboxylic acids is 1. The van der Waals surface area contributed by atoms with Crippen molar-refractivity contribution in [3.8, 4) is 0 Å². The number of rotatable bonds is 5. The van der Waals surface area contributed by atoms with Gasteiger partial charge in [-0.1, -0.05) is 12.1 Å². The summed E-state index contributed by atoms with van der Waals surface area (Å²) in [5, 5.41) is 2.65. The molecular formula is C14H15NO3S. The molecule has 19 heavy (non-hydrogen) atoms. The van der Waals surface area contributed by atoms with E-state index in [1.165, 1.54) is 11.3 Å². The first-order valence-electron chi connectivity index (χ1n) is 5.89. The fourth-order valence-electron chi connectivity index (χ4n) is 1.67. The first kappa shape index (κ1) is 13.7. The van der Waals surface area contributed by atoms with E-state index in [9.17, 15) is 4.79 Å². The lowest BCUT2D eigenvalue weighted by molar-refractivity contribution is 0.0337. The Kier molecular flexibility index (Phi) is 4.65. The second kappa shape index (κ2) is 6.45. The van der Waals surface area contributed by atoms with Crippen molar-refractivity contribution in [3.63, 3.8) is 0 Å². The Labute approximate surface area is 116 Å². The minimum atomic E-state index is -0.347. The average Bonchev–Trinajstić information content (AvgIpc) is 2.93. The third-order valence-electron chi connectivity index (χ3n) is 2.56. The van der Waals surface area contributed by atoms with Gasteiger partial charge in [-0.2, -0.15) is 0 Å². The van der Waals surface area contributed by atoms with Gasteiger partial charge in [-0.05, 0) is 24.6 Å². The number of carbonyl (C=O) groups is 1. The van der Waals surface area contributed by atoms with Crippen LogP contribution in [0.25, 0.3) is 0 Å². The van der Waals surface area contributed by atoms with Gasteiger partial charge in [-0.3, -0.25) is 0 Å². The van der Waals surface area contributed by atoms with E-state index in [2.05, 4.69) is 4.98 Å². The minimum Gasteiger partial charge on any atom is -0.452 e. The summed E-state index contributed by atoms with van der Waals surface area (Å²) < 4.78 is 10.4. The van der Waals surface area contributed by atoms with Crippen molar-refractivity contribution < 1.29 is 14.3 Å². The number of nitrogens with zero attached hydrogens (tertiary/aromatic N) is 1. The van der Waals surface area contributed by atoms with E-state index in [1.54, 1.807) is 25.4 Å². The van der Waals surface area contributed by atoms with Crippen LogP contribution in [0.4, 0.5) is 0 Å². The summed E-state index contributed by atoms with van der Waals surface area (Å²) in [5.41, 5.74) is 1.47. The highest BCUT2D eigenvalue weighted by Gasteiger charge is 2.15. The zero-order valence-electron chi connectivity index (χ0n) is 10.8. The van der Waals surface area contributed by atoms with Crippen LogP contribution in [0.3, 0.4) is 0 Å². The molecule has 0 amide bonds. The van der Waals surface area contributed by atoms with E-state index in [1.807, 2.05) is 24.4 Å². The van der Waals surface area contributed by atoms with Crippen LogP contribution in [-0.2, 0) is 16.1 Å². The van der Waals surface area contributed by atoms with Crippen LogP contribution in [0.5, 0.6) is 0 Å². The zero-order chi connectivity index (χ0) is 13.7. The van der Waals surface area contributed by atoms with E-state index in [-0.39, 0.29) is 12.1 Å². The monoisotopic (exact) mass is 277 g/mol. The summed E-state index contributed by atoms with van der Waals surface area (Å²) in [4.78, 5) is 16.2. The second-order valence-corrected chi connectivity index (χ2v) is 4.98. The first-order valence-corrected chi connectivity index (χ1v) is 6.77. The molecule has 1 aromatic heterocycles. The summed E-state index contributed by atoms with van der Waals surface area (Å²) in [6.45, 7) is 2.29. The van der Waals surface area contributed by atoms with Crippen molar-refractivity contribution in [1.82, 2.24) is 4.98 Å². The van der Waals surface area contributed by atoms with Gasteiger partial charge in [0.2, 0.25) is 0 Å². The van der Waals surface area contributed by atoms with Gasteiger partial charge in [-0.15, -0.1) is 11.3 Å².